The van der Waals surface area contributed by atoms with Gasteiger partial charge in [0.25, 0.3) is 10.1 Å². The number of hydrogen-bond acceptors (Lipinski definition) is 6. The van der Waals surface area contributed by atoms with E-state index < -0.39 is 33.7 Å². The quantitative estimate of drug-likeness (QED) is 0.0592. The van der Waals surface area contributed by atoms with Gasteiger partial charge in [-0.1, -0.05) is 120 Å². The average Bonchev–Trinajstić information content (AvgIpc) is 3.02. The van der Waals surface area contributed by atoms with Gasteiger partial charge in [-0.2, -0.15) is 8.42 Å². The zero-order valence-electron chi connectivity index (χ0n) is 31.1. The van der Waals surface area contributed by atoms with Crippen LogP contribution in [-0.4, -0.2) is 74.0 Å². The molecule has 0 saturated carbocycles. The van der Waals surface area contributed by atoms with E-state index in [0.717, 1.165) is 51.4 Å². The molecule has 3 unspecified atom stereocenters. The maximum absolute atomic E-state index is 12.2. The van der Waals surface area contributed by atoms with Crippen LogP contribution >= 0.6 is 0 Å². The molecule has 46 heavy (non-hydrogen) atoms. The molecule has 0 aromatic carbocycles. The number of ether oxygens (including phenoxy) is 2. The number of hydrogen-bond donors (Lipinski definition) is 1. The molecule has 0 aliphatic rings. The van der Waals surface area contributed by atoms with E-state index in [2.05, 4.69) is 41.5 Å². The van der Waals surface area contributed by atoms with Crippen molar-refractivity contribution in [3.8, 4) is 0 Å². The van der Waals surface area contributed by atoms with Gasteiger partial charge in [-0.3, -0.25) is 14.1 Å². The molecule has 10 heteroatoms. The van der Waals surface area contributed by atoms with Gasteiger partial charge < -0.3 is 26.4 Å². The highest BCUT2D eigenvalue weighted by atomic mass is 35.5. The first-order valence-corrected chi connectivity index (χ1v) is 20.1. The predicted molar refractivity (Wildman–Crippen MR) is 188 cm³/mol. The maximum Gasteiger partial charge on any atom is 0.327 e. The molecule has 0 bridgehead atoms. The fourth-order valence-corrected chi connectivity index (χ4v) is 6.12. The van der Waals surface area contributed by atoms with Gasteiger partial charge in [-0.25, -0.2) is 0 Å². The van der Waals surface area contributed by atoms with Crippen LogP contribution in [0.5, 0.6) is 0 Å². The predicted octanol–water partition coefficient (Wildman–Crippen LogP) is 6.16. The molecular formula is C36H74ClNO7S. The number of carbonyl (C=O) groups excluding carboxylic acids is 2. The summed E-state index contributed by atoms with van der Waals surface area (Å²) in [4.78, 5) is 24.2. The molecule has 0 rings (SSSR count). The number of nitrogens with zero attached hydrogens (tertiary/aromatic N) is 1. The summed E-state index contributed by atoms with van der Waals surface area (Å²) in [7, 11) is -4.76. The summed E-state index contributed by atoms with van der Waals surface area (Å²) < 4.78 is 44.2. The summed E-state index contributed by atoms with van der Waals surface area (Å²) in [6.45, 7) is 23.4. The van der Waals surface area contributed by atoms with Gasteiger partial charge >= 0.3 is 11.9 Å². The Kier molecular flexibility index (Phi) is 33.8. The van der Waals surface area contributed by atoms with E-state index in [1.165, 1.54) is 82.0 Å². The lowest BCUT2D eigenvalue weighted by Crippen LogP contribution is -3.00. The van der Waals surface area contributed by atoms with Gasteiger partial charge in [-0.05, 0) is 50.4 Å². The number of esters is 2. The topological polar surface area (TPSA) is 107 Å². The van der Waals surface area contributed by atoms with Crippen molar-refractivity contribution in [1.82, 2.24) is 0 Å². The lowest BCUT2D eigenvalue weighted by atomic mass is 10.0. The van der Waals surface area contributed by atoms with Gasteiger partial charge in [0, 0.05) is 0 Å². The Hall–Kier alpha value is -0.900. The molecule has 1 N–H and O–H groups in total. The second kappa shape index (κ2) is 31.4. The van der Waals surface area contributed by atoms with Crippen molar-refractivity contribution < 1.29 is 48.9 Å². The summed E-state index contributed by atoms with van der Waals surface area (Å²) in [5.41, 5.74) is 0. The first-order valence-electron chi connectivity index (χ1n) is 18.6. The van der Waals surface area contributed by atoms with Gasteiger partial charge in [0.1, 0.15) is 0 Å². The summed E-state index contributed by atoms with van der Waals surface area (Å²) >= 11 is 0. The fraction of sp³-hybridized carbons (Fsp3) is 0.944. The number of rotatable bonds is 28. The third-order valence-electron chi connectivity index (χ3n) is 8.95. The Balaban J connectivity index is -0.000000882. The van der Waals surface area contributed by atoms with E-state index in [4.69, 9.17) is 9.47 Å². The molecule has 278 valence electrons. The van der Waals surface area contributed by atoms with E-state index in [1.807, 2.05) is 13.8 Å². The van der Waals surface area contributed by atoms with Crippen LogP contribution in [-0.2, 0) is 29.2 Å². The zero-order chi connectivity index (χ0) is 34.6. The largest absolute Gasteiger partial charge is 1.00 e. The first-order chi connectivity index (χ1) is 21.4. The molecule has 0 saturated heterocycles. The van der Waals surface area contributed by atoms with Gasteiger partial charge in [0.2, 0.25) is 0 Å². The van der Waals surface area contributed by atoms with Crippen LogP contribution in [0.25, 0.3) is 0 Å². The van der Waals surface area contributed by atoms with Gasteiger partial charge in [-0.15, -0.1) is 0 Å². The van der Waals surface area contributed by atoms with E-state index in [9.17, 15) is 22.6 Å². The van der Waals surface area contributed by atoms with Crippen molar-refractivity contribution >= 4 is 22.1 Å². The molecule has 0 aliphatic heterocycles. The van der Waals surface area contributed by atoms with Crippen molar-refractivity contribution in [2.45, 2.75) is 170 Å². The van der Waals surface area contributed by atoms with Crippen LogP contribution < -0.4 is 12.4 Å². The molecule has 0 spiro atoms. The van der Waals surface area contributed by atoms with Gasteiger partial charge in [0.15, 0.2) is 5.25 Å². The summed E-state index contributed by atoms with van der Waals surface area (Å²) in [5.74, 6) is -1.61. The summed E-state index contributed by atoms with van der Waals surface area (Å²) in [6.07, 6.45) is 17.8. The molecule has 8 nitrogen and oxygen atoms in total. The van der Waals surface area contributed by atoms with Gasteiger partial charge in [0.05, 0.1) is 45.8 Å². The van der Waals surface area contributed by atoms with E-state index in [0.29, 0.717) is 0 Å². The number of carbonyl (C=O) groups is 2. The normalized spacial score (nSPS) is 13.5. The third kappa shape index (κ3) is 25.2. The minimum absolute atomic E-state index is 0. The van der Waals surface area contributed by atoms with Crippen LogP contribution in [0, 0.1) is 11.8 Å². The summed E-state index contributed by atoms with van der Waals surface area (Å²) in [6, 6.07) is 0. The molecule has 0 amide bonds. The van der Waals surface area contributed by atoms with Crippen molar-refractivity contribution in [2.75, 3.05) is 39.4 Å². The fourth-order valence-electron chi connectivity index (χ4n) is 5.47. The second-order valence-corrected chi connectivity index (χ2v) is 14.6. The van der Waals surface area contributed by atoms with Crippen LogP contribution in [0.2, 0.25) is 0 Å². The minimum Gasteiger partial charge on any atom is -1.00 e. The van der Waals surface area contributed by atoms with Crippen LogP contribution in [0.15, 0.2) is 0 Å². The molecule has 3 atom stereocenters. The van der Waals surface area contributed by atoms with Crippen LogP contribution in [0.4, 0.5) is 0 Å². The Bertz CT molecular complexity index is 788. The highest BCUT2D eigenvalue weighted by Crippen LogP contribution is 2.18. The van der Waals surface area contributed by atoms with E-state index >= 15 is 0 Å². The Morgan fingerprint density at radius 3 is 1.26 bits per heavy atom. The van der Waals surface area contributed by atoms with Crippen molar-refractivity contribution in [2.24, 2.45) is 11.8 Å². The molecule has 0 radical (unpaired) electrons. The second-order valence-electron chi connectivity index (χ2n) is 13.0. The third-order valence-corrected chi connectivity index (χ3v) is 10.0. The highest BCUT2D eigenvalue weighted by molar-refractivity contribution is 7.87. The highest BCUT2D eigenvalue weighted by Gasteiger charge is 2.36. The molecule has 0 fully saturated rings. The average molecular weight is 701 g/mol. The van der Waals surface area contributed by atoms with Crippen LogP contribution in [0.3, 0.4) is 0 Å². The minimum atomic E-state index is -4.76. The number of quaternary nitrogens is 1. The zero-order valence-corrected chi connectivity index (χ0v) is 32.7. The molecular weight excluding hydrogens is 626 g/mol. The first kappa shape index (κ1) is 49.5. The van der Waals surface area contributed by atoms with Crippen molar-refractivity contribution in [3.05, 3.63) is 0 Å². The standard InChI is InChI=1S/C20H38O7S.C16H36N.ClH/c1-5-9-11-16(7-3)14-26-19(21)13-18(28(23,24)25)20(22)27-15-17(8-4)12-10-6-2;1-5-9-13-17(14-10-6-2,15-11-7-3)16-12-8-4;/h16-18H,5-15H2,1-4H3,(H,23,24,25);5-16H2,1-4H3;1H/q;+1;/p-1. The SMILES string of the molecule is CCCCC(CC)COC(=O)CC(C(=O)OCC(CC)CCCC)S(=O)(=O)O.CCCC[N+](CCCC)(CCCC)CCCC.[Cl-]. The smallest absolute Gasteiger partial charge is 0.327 e. The molecule has 0 aliphatic carbocycles. The molecule has 0 aromatic rings. The Morgan fingerprint density at radius 2 is 0.957 bits per heavy atom. The Labute approximate surface area is 291 Å². The van der Waals surface area contributed by atoms with E-state index in [-0.39, 0.29) is 37.5 Å². The molecule has 0 heterocycles. The lowest BCUT2D eigenvalue weighted by molar-refractivity contribution is -0.929. The maximum atomic E-state index is 12.2. The number of unbranched alkanes of at least 4 members (excludes halogenated alkanes) is 6. The Morgan fingerprint density at radius 1 is 0.609 bits per heavy atom. The van der Waals surface area contributed by atoms with Crippen molar-refractivity contribution in [3.63, 3.8) is 0 Å². The molecule has 0 aromatic heterocycles. The lowest BCUT2D eigenvalue weighted by Gasteiger charge is -2.39. The van der Waals surface area contributed by atoms with Crippen molar-refractivity contribution in [1.29, 1.82) is 0 Å². The number of halogens is 1. The van der Waals surface area contributed by atoms with Crippen LogP contribution in [0.1, 0.15) is 165 Å². The van der Waals surface area contributed by atoms with E-state index in [1.54, 1.807) is 0 Å². The summed E-state index contributed by atoms with van der Waals surface area (Å²) in [5, 5.41) is -1.95. The monoisotopic (exact) mass is 699 g/mol.